The molecule has 2 aromatic carbocycles. The minimum atomic E-state index is 0.634. The van der Waals surface area contributed by atoms with E-state index in [9.17, 15) is 4.79 Å². The van der Waals surface area contributed by atoms with Gasteiger partial charge in [-0.15, -0.1) is 0 Å². The van der Waals surface area contributed by atoms with Gasteiger partial charge in [-0.2, -0.15) is 0 Å². The summed E-state index contributed by atoms with van der Waals surface area (Å²) in [5.41, 5.74) is 5.59. The van der Waals surface area contributed by atoms with Gasteiger partial charge in [-0.3, -0.25) is 9.36 Å². The molecule has 4 aromatic rings. The Morgan fingerprint density at radius 3 is 2.78 bits per heavy atom. The fraction of sp³-hybridized carbons (Fsp3) is 0.0526. The lowest BCUT2D eigenvalue weighted by atomic mass is 10.1. The van der Waals surface area contributed by atoms with Crippen LogP contribution in [0, 0.1) is 6.92 Å². The van der Waals surface area contributed by atoms with Crippen molar-refractivity contribution in [3.05, 3.63) is 72.4 Å². The maximum Gasteiger partial charge on any atom is 0.150 e. The zero-order valence-corrected chi connectivity index (χ0v) is 12.6. The number of imidazole rings is 1. The van der Waals surface area contributed by atoms with Crippen LogP contribution in [-0.2, 0) is 0 Å². The van der Waals surface area contributed by atoms with Crippen molar-refractivity contribution in [1.29, 1.82) is 0 Å². The molecular weight excluding hydrogens is 288 g/mol. The topological polar surface area (TPSA) is 48.0 Å². The van der Waals surface area contributed by atoms with Gasteiger partial charge < -0.3 is 4.42 Å². The summed E-state index contributed by atoms with van der Waals surface area (Å²) < 4.78 is 7.26. The highest BCUT2D eigenvalue weighted by Crippen LogP contribution is 2.26. The third-order valence-electron chi connectivity index (χ3n) is 3.94. The highest BCUT2D eigenvalue weighted by molar-refractivity contribution is 5.86. The molecule has 4 rings (SSSR count). The molecule has 4 nitrogen and oxygen atoms in total. The number of nitrogens with zero attached hydrogens (tertiary/aromatic N) is 2. The lowest BCUT2D eigenvalue weighted by Crippen LogP contribution is -1.97. The molecule has 0 radical (unpaired) electrons. The number of carbonyl (C=O) groups is 1. The van der Waals surface area contributed by atoms with E-state index in [1.807, 2.05) is 49.4 Å². The van der Waals surface area contributed by atoms with E-state index in [0.29, 0.717) is 5.56 Å². The van der Waals surface area contributed by atoms with Crippen LogP contribution in [0.4, 0.5) is 0 Å². The summed E-state index contributed by atoms with van der Waals surface area (Å²) in [6, 6.07) is 15.7. The lowest BCUT2D eigenvalue weighted by Gasteiger charge is -2.08. The average molecular weight is 302 g/mol. The number of aryl methyl sites for hydroxylation is 1. The summed E-state index contributed by atoms with van der Waals surface area (Å²) >= 11 is 0. The second-order valence-electron chi connectivity index (χ2n) is 5.42. The summed E-state index contributed by atoms with van der Waals surface area (Å²) in [4.78, 5) is 15.5. The van der Waals surface area contributed by atoms with Crippen LogP contribution in [0.2, 0.25) is 0 Å². The SMILES string of the molecule is Cc1nc2cc(C=O)ccc2n1-c1cccc(-c2ccoc2)c1. The van der Waals surface area contributed by atoms with Crippen molar-refractivity contribution < 1.29 is 9.21 Å². The maximum absolute atomic E-state index is 10.9. The van der Waals surface area contributed by atoms with Crippen LogP contribution in [0.5, 0.6) is 0 Å². The number of hydrogen-bond donors (Lipinski definition) is 0. The number of carbonyl (C=O) groups excluding carboxylic acids is 1. The van der Waals surface area contributed by atoms with Crippen molar-refractivity contribution in [2.45, 2.75) is 6.92 Å². The van der Waals surface area contributed by atoms with Crippen molar-refractivity contribution in [2.24, 2.45) is 0 Å². The van der Waals surface area contributed by atoms with E-state index in [-0.39, 0.29) is 0 Å². The van der Waals surface area contributed by atoms with Crippen molar-refractivity contribution in [2.75, 3.05) is 0 Å². The molecule has 2 aromatic heterocycles. The molecule has 0 spiro atoms. The van der Waals surface area contributed by atoms with Gasteiger partial charge in [0.25, 0.3) is 0 Å². The molecule has 0 unspecified atom stereocenters. The van der Waals surface area contributed by atoms with E-state index in [0.717, 1.165) is 40.0 Å². The van der Waals surface area contributed by atoms with Crippen LogP contribution >= 0.6 is 0 Å². The van der Waals surface area contributed by atoms with E-state index in [4.69, 9.17) is 4.42 Å². The van der Waals surface area contributed by atoms with Gasteiger partial charge in [-0.25, -0.2) is 4.98 Å². The summed E-state index contributed by atoms with van der Waals surface area (Å²) in [6.45, 7) is 1.96. The highest BCUT2D eigenvalue weighted by atomic mass is 16.3. The first-order valence-corrected chi connectivity index (χ1v) is 7.33. The second kappa shape index (κ2) is 5.25. The van der Waals surface area contributed by atoms with Gasteiger partial charge in [0.05, 0.1) is 23.6 Å². The monoisotopic (exact) mass is 302 g/mol. The summed E-state index contributed by atoms with van der Waals surface area (Å²) in [5.74, 6) is 0.882. The van der Waals surface area contributed by atoms with Gasteiger partial charge in [-0.05, 0) is 48.9 Å². The minimum absolute atomic E-state index is 0.634. The van der Waals surface area contributed by atoms with E-state index in [2.05, 4.69) is 15.6 Å². The summed E-state index contributed by atoms with van der Waals surface area (Å²) in [7, 11) is 0. The first-order valence-electron chi connectivity index (χ1n) is 7.33. The molecule has 0 aliphatic rings. The Hall–Kier alpha value is -3.14. The molecule has 0 saturated carbocycles. The predicted molar refractivity (Wildman–Crippen MR) is 88.9 cm³/mol. The number of hydrogen-bond acceptors (Lipinski definition) is 3. The van der Waals surface area contributed by atoms with Crippen LogP contribution in [0.3, 0.4) is 0 Å². The Morgan fingerprint density at radius 2 is 2.00 bits per heavy atom. The average Bonchev–Trinajstić information content (AvgIpc) is 3.21. The van der Waals surface area contributed by atoms with E-state index in [1.165, 1.54) is 0 Å². The zero-order valence-electron chi connectivity index (χ0n) is 12.6. The van der Waals surface area contributed by atoms with Gasteiger partial charge >= 0.3 is 0 Å². The van der Waals surface area contributed by atoms with E-state index >= 15 is 0 Å². The molecule has 0 bridgehead atoms. The van der Waals surface area contributed by atoms with Crippen LogP contribution in [0.25, 0.3) is 27.8 Å². The fourth-order valence-electron chi connectivity index (χ4n) is 2.87. The van der Waals surface area contributed by atoms with Crippen LogP contribution < -0.4 is 0 Å². The summed E-state index contributed by atoms with van der Waals surface area (Å²) in [6.07, 6.45) is 4.24. The molecule has 0 aliphatic heterocycles. The Kier molecular flexibility index (Phi) is 3.08. The van der Waals surface area contributed by atoms with Gasteiger partial charge in [0.2, 0.25) is 0 Å². The standard InChI is InChI=1S/C19H14N2O2/c1-13-20-18-9-14(11-22)5-6-19(18)21(13)17-4-2-3-15(10-17)16-7-8-23-12-16/h2-12H,1H3. The highest BCUT2D eigenvalue weighted by Gasteiger charge is 2.11. The number of rotatable bonds is 3. The maximum atomic E-state index is 10.9. The Morgan fingerprint density at radius 1 is 1.09 bits per heavy atom. The quantitative estimate of drug-likeness (QED) is 0.527. The number of furan rings is 1. The van der Waals surface area contributed by atoms with Gasteiger partial charge in [-0.1, -0.05) is 12.1 Å². The normalized spacial score (nSPS) is 11.0. The van der Waals surface area contributed by atoms with Crippen LogP contribution in [-0.4, -0.2) is 15.8 Å². The van der Waals surface area contributed by atoms with Crippen LogP contribution in [0.1, 0.15) is 16.2 Å². The third kappa shape index (κ3) is 2.25. The molecule has 112 valence electrons. The minimum Gasteiger partial charge on any atom is -0.472 e. The molecule has 0 atom stereocenters. The Balaban J connectivity index is 1.91. The molecular formula is C19H14N2O2. The molecule has 2 heterocycles. The number of aromatic nitrogens is 2. The summed E-state index contributed by atoms with van der Waals surface area (Å²) in [5, 5.41) is 0. The van der Waals surface area contributed by atoms with Crippen molar-refractivity contribution in [1.82, 2.24) is 9.55 Å². The number of benzene rings is 2. The Bertz CT molecular complexity index is 998. The van der Waals surface area contributed by atoms with Crippen molar-refractivity contribution in [3.8, 4) is 16.8 Å². The fourth-order valence-corrected chi connectivity index (χ4v) is 2.87. The first kappa shape index (κ1) is 13.5. The van der Waals surface area contributed by atoms with Crippen molar-refractivity contribution in [3.63, 3.8) is 0 Å². The van der Waals surface area contributed by atoms with Gasteiger partial charge in [0.15, 0.2) is 0 Å². The largest absolute Gasteiger partial charge is 0.472 e. The van der Waals surface area contributed by atoms with E-state index < -0.39 is 0 Å². The van der Waals surface area contributed by atoms with E-state index in [1.54, 1.807) is 12.5 Å². The third-order valence-corrected chi connectivity index (χ3v) is 3.94. The predicted octanol–water partition coefficient (Wildman–Crippen LogP) is 4.41. The number of fused-ring (bicyclic) bond motifs is 1. The molecule has 4 heteroatoms. The zero-order chi connectivity index (χ0) is 15.8. The lowest BCUT2D eigenvalue weighted by molar-refractivity contribution is 0.112. The molecule has 0 fully saturated rings. The first-order chi connectivity index (χ1) is 11.3. The molecule has 23 heavy (non-hydrogen) atoms. The molecule has 0 saturated heterocycles. The van der Waals surface area contributed by atoms with Crippen LogP contribution in [0.15, 0.2) is 65.5 Å². The molecule has 0 amide bonds. The second-order valence-corrected chi connectivity index (χ2v) is 5.42. The van der Waals surface area contributed by atoms with Crippen molar-refractivity contribution >= 4 is 17.3 Å². The Labute approximate surface area is 133 Å². The van der Waals surface area contributed by atoms with Gasteiger partial charge in [0, 0.05) is 16.8 Å². The smallest absolute Gasteiger partial charge is 0.150 e. The molecule has 0 N–H and O–H groups in total. The number of aldehydes is 1. The molecule has 0 aliphatic carbocycles. The van der Waals surface area contributed by atoms with Gasteiger partial charge in [0.1, 0.15) is 12.1 Å².